The van der Waals surface area contributed by atoms with Gasteiger partial charge in [-0.25, -0.2) is 9.78 Å². The Hall–Kier alpha value is -1.57. The SMILES string of the molecule is COCc1nc(CC(F)(F)F)oc1C(=O)O. The highest BCUT2D eigenvalue weighted by atomic mass is 19.4. The van der Waals surface area contributed by atoms with Crippen molar-refractivity contribution >= 4 is 5.97 Å². The van der Waals surface area contributed by atoms with E-state index in [4.69, 9.17) is 5.11 Å². The largest absolute Gasteiger partial charge is 0.475 e. The van der Waals surface area contributed by atoms with E-state index in [1.807, 2.05) is 0 Å². The van der Waals surface area contributed by atoms with Gasteiger partial charge in [-0.3, -0.25) is 0 Å². The van der Waals surface area contributed by atoms with E-state index in [0.717, 1.165) is 0 Å². The summed E-state index contributed by atoms with van der Waals surface area (Å²) in [5.41, 5.74) is -0.158. The highest BCUT2D eigenvalue weighted by Gasteiger charge is 2.32. The number of ether oxygens (including phenoxy) is 1. The molecule has 16 heavy (non-hydrogen) atoms. The number of hydrogen-bond donors (Lipinski definition) is 1. The van der Waals surface area contributed by atoms with Gasteiger partial charge in [0.15, 0.2) is 0 Å². The molecule has 0 spiro atoms. The Morgan fingerprint density at radius 1 is 1.56 bits per heavy atom. The Morgan fingerprint density at radius 3 is 2.62 bits per heavy atom. The number of alkyl halides is 3. The van der Waals surface area contributed by atoms with Crippen molar-refractivity contribution in [3.05, 3.63) is 17.3 Å². The van der Waals surface area contributed by atoms with Crippen LogP contribution in [0.4, 0.5) is 13.2 Å². The topological polar surface area (TPSA) is 72.6 Å². The lowest BCUT2D eigenvalue weighted by Gasteiger charge is -2.00. The minimum absolute atomic E-state index is 0.158. The van der Waals surface area contributed by atoms with Crippen LogP contribution in [0, 0.1) is 0 Å². The predicted octanol–water partition coefficient (Wildman–Crippen LogP) is 1.62. The second-order valence-corrected chi connectivity index (χ2v) is 2.91. The third-order valence-electron chi connectivity index (χ3n) is 1.57. The van der Waals surface area contributed by atoms with Gasteiger partial charge in [0, 0.05) is 7.11 Å². The number of nitrogens with zero attached hydrogens (tertiary/aromatic N) is 1. The van der Waals surface area contributed by atoms with E-state index in [-0.39, 0.29) is 12.3 Å². The van der Waals surface area contributed by atoms with Gasteiger partial charge in [-0.2, -0.15) is 13.2 Å². The zero-order chi connectivity index (χ0) is 12.3. The van der Waals surface area contributed by atoms with Gasteiger partial charge in [-0.1, -0.05) is 0 Å². The second-order valence-electron chi connectivity index (χ2n) is 2.91. The van der Waals surface area contributed by atoms with E-state index in [1.165, 1.54) is 7.11 Å². The zero-order valence-electron chi connectivity index (χ0n) is 8.17. The first-order valence-electron chi connectivity index (χ1n) is 4.11. The second kappa shape index (κ2) is 4.52. The molecule has 1 aromatic rings. The number of halogens is 3. The number of oxazole rings is 1. The van der Waals surface area contributed by atoms with Gasteiger partial charge in [0.25, 0.3) is 0 Å². The zero-order valence-corrected chi connectivity index (χ0v) is 8.17. The van der Waals surface area contributed by atoms with Crippen LogP contribution in [0.25, 0.3) is 0 Å². The molecule has 90 valence electrons. The van der Waals surface area contributed by atoms with Crippen molar-refractivity contribution in [2.24, 2.45) is 0 Å². The van der Waals surface area contributed by atoms with Crippen molar-refractivity contribution < 1.29 is 32.2 Å². The number of carboxylic acid groups (broad SMARTS) is 1. The molecule has 0 aromatic carbocycles. The maximum Gasteiger partial charge on any atom is 0.397 e. The molecule has 0 radical (unpaired) electrons. The molecule has 8 heteroatoms. The maximum atomic E-state index is 12.0. The summed E-state index contributed by atoms with van der Waals surface area (Å²) in [6, 6.07) is 0. The van der Waals surface area contributed by atoms with Gasteiger partial charge in [0.05, 0.1) is 6.61 Å². The molecule has 1 heterocycles. The lowest BCUT2D eigenvalue weighted by atomic mass is 10.3. The van der Waals surface area contributed by atoms with Gasteiger partial charge < -0.3 is 14.3 Å². The highest BCUT2D eigenvalue weighted by molar-refractivity contribution is 5.85. The molecule has 0 atom stereocenters. The van der Waals surface area contributed by atoms with Crippen molar-refractivity contribution in [1.82, 2.24) is 4.98 Å². The molecular weight excluding hydrogens is 231 g/mol. The molecule has 0 amide bonds. The molecule has 0 saturated carbocycles. The fourth-order valence-electron chi connectivity index (χ4n) is 1.05. The number of carbonyl (C=O) groups is 1. The summed E-state index contributed by atoms with van der Waals surface area (Å²) in [5, 5.41) is 8.63. The van der Waals surface area contributed by atoms with E-state index in [0.29, 0.717) is 0 Å². The molecule has 0 aliphatic heterocycles. The monoisotopic (exact) mass is 239 g/mol. The van der Waals surface area contributed by atoms with Gasteiger partial charge in [-0.05, 0) is 0 Å². The summed E-state index contributed by atoms with van der Waals surface area (Å²) in [4.78, 5) is 14.0. The van der Waals surface area contributed by atoms with Gasteiger partial charge in [0.1, 0.15) is 12.1 Å². The minimum atomic E-state index is -4.50. The van der Waals surface area contributed by atoms with Crippen LogP contribution in [-0.2, 0) is 17.8 Å². The van der Waals surface area contributed by atoms with Crippen molar-refractivity contribution in [3.8, 4) is 0 Å². The number of aromatic carboxylic acids is 1. The average molecular weight is 239 g/mol. The van der Waals surface area contributed by atoms with Crippen LogP contribution in [0.5, 0.6) is 0 Å². The molecule has 0 fully saturated rings. The molecule has 0 saturated heterocycles. The Kier molecular flexibility index (Phi) is 3.53. The number of carboxylic acids is 1. The van der Waals surface area contributed by atoms with Crippen LogP contribution in [0.15, 0.2) is 4.42 Å². The highest BCUT2D eigenvalue weighted by Crippen LogP contribution is 2.22. The van der Waals surface area contributed by atoms with Crippen LogP contribution >= 0.6 is 0 Å². The van der Waals surface area contributed by atoms with Crippen LogP contribution in [0.1, 0.15) is 22.1 Å². The van der Waals surface area contributed by atoms with Crippen LogP contribution < -0.4 is 0 Å². The molecule has 5 nitrogen and oxygen atoms in total. The van der Waals surface area contributed by atoms with E-state index in [9.17, 15) is 18.0 Å². The van der Waals surface area contributed by atoms with Crippen molar-refractivity contribution in [1.29, 1.82) is 0 Å². The van der Waals surface area contributed by atoms with Gasteiger partial charge in [-0.15, -0.1) is 0 Å². The summed E-state index contributed by atoms with van der Waals surface area (Å²) in [5.74, 6) is -2.79. The molecule has 0 bridgehead atoms. The Balaban J connectivity index is 2.97. The number of rotatable bonds is 4. The lowest BCUT2D eigenvalue weighted by molar-refractivity contribution is -0.130. The van der Waals surface area contributed by atoms with Crippen molar-refractivity contribution in [3.63, 3.8) is 0 Å². The summed E-state index contributed by atoms with van der Waals surface area (Å²) < 4.78 is 45.1. The standard InChI is InChI=1S/C8H8F3NO4/c1-15-3-4-6(7(13)14)16-5(12-4)2-8(9,10)11/h2-3H2,1H3,(H,13,14). The van der Waals surface area contributed by atoms with E-state index in [2.05, 4.69) is 14.1 Å². The number of hydrogen-bond acceptors (Lipinski definition) is 4. The molecule has 0 unspecified atom stereocenters. The molecule has 1 aromatic heterocycles. The fraction of sp³-hybridized carbons (Fsp3) is 0.500. The predicted molar refractivity (Wildman–Crippen MR) is 43.9 cm³/mol. The van der Waals surface area contributed by atoms with Crippen LogP contribution in [-0.4, -0.2) is 29.3 Å². The van der Waals surface area contributed by atoms with Crippen molar-refractivity contribution in [2.45, 2.75) is 19.2 Å². The van der Waals surface area contributed by atoms with Crippen LogP contribution in [0.2, 0.25) is 0 Å². The molecular formula is C8H8F3NO4. The summed E-state index contributed by atoms with van der Waals surface area (Å²) in [6.07, 6.45) is -5.90. The maximum absolute atomic E-state index is 12.0. The third kappa shape index (κ3) is 3.23. The first-order valence-corrected chi connectivity index (χ1v) is 4.11. The minimum Gasteiger partial charge on any atom is -0.475 e. The summed E-state index contributed by atoms with van der Waals surface area (Å²) in [6.45, 7) is -0.219. The molecule has 0 aliphatic carbocycles. The lowest BCUT2D eigenvalue weighted by Crippen LogP contribution is -2.11. The molecule has 0 aliphatic rings. The Morgan fingerprint density at radius 2 is 2.19 bits per heavy atom. The summed E-state index contributed by atoms with van der Waals surface area (Å²) in [7, 11) is 1.27. The normalized spacial score (nSPS) is 11.8. The number of aromatic nitrogens is 1. The Bertz CT molecular complexity index is 385. The van der Waals surface area contributed by atoms with E-state index in [1.54, 1.807) is 0 Å². The van der Waals surface area contributed by atoms with Crippen molar-refractivity contribution in [2.75, 3.05) is 7.11 Å². The third-order valence-corrected chi connectivity index (χ3v) is 1.57. The van der Waals surface area contributed by atoms with E-state index < -0.39 is 30.2 Å². The Labute approximate surface area is 87.8 Å². The van der Waals surface area contributed by atoms with Gasteiger partial charge >= 0.3 is 12.1 Å². The quantitative estimate of drug-likeness (QED) is 0.864. The van der Waals surface area contributed by atoms with E-state index >= 15 is 0 Å². The number of methoxy groups -OCH3 is 1. The summed E-state index contributed by atoms with van der Waals surface area (Å²) >= 11 is 0. The smallest absolute Gasteiger partial charge is 0.397 e. The fourth-order valence-corrected chi connectivity index (χ4v) is 1.05. The molecule has 1 N–H and O–H groups in total. The van der Waals surface area contributed by atoms with Crippen LogP contribution in [0.3, 0.4) is 0 Å². The first kappa shape index (κ1) is 12.5. The first-order chi connectivity index (χ1) is 7.33. The molecule has 1 rings (SSSR count). The van der Waals surface area contributed by atoms with Gasteiger partial charge in [0.2, 0.25) is 11.7 Å². The average Bonchev–Trinajstić information content (AvgIpc) is 2.45.